The van der Waals surface area contributed by atoms with Crippen molar-refractivity contribution in [2.75, 3.05) is 20.2 Å². The van der Waals surface area contributed by atoms with E-state index in [-0.39, 0.29) is 0 Å². The zero-order chi connectivity index (χ0) is 14.6. The van der Waals surface area contributed by atoms with Gasteiger partial charge in [0.15, 0.2) is 0 Å². The van der Waals surface area contributed by atoms with Crippen molar-refractivity contribution in [2.24, 2.45) is 5.41 Å². The van der Waals surface area contributed by atoms with Crippen LogP contribution in [0.2, 0.25) is 0 Å². The summed E-state index contributed by atoms with van der Waals surface area (Å²) in [5.74, 6) is 0.231. The van der Waals surface area contributed by atoms with E-state index in [4.69, 9.17) is 4.74 Å². The third-order valence-corrected chi connectivity index (χ3v) is 4.48. The first-order valence-corrected chi connectivity index (χ1v) is 7.18. The van der Waals surface area contributed by atoms with E-state index in [2.05, 4.69) is 11.0 Å². The first-order valence-electron chi connectivity index (χ1n) is 7.18. The quantitative estimate of drug-likeness (QED) is 0.899. The number of carboxylic acid groups (broad SMARTS) is 1. The molecule has 0 atom stereocenters. The number of benzene rings is 1. The highest BCUT2D eigenvalue weighted by atomic mass is 16.5. The van der Waals surface area contributed by atoms with Crippen molar-refractivity contribution in [3.63, 3.8) is 0 Å². The molecule has 0 amide bonds. The molecular weight excluding hydrogens is 254 g/mol. The van der Waals surface area contributed by atoms with Gasteiger partial charge in [-0.25, -0.2) is 0 Å². The van der Waals surface area contributed by atoms with Crippen LogP contribution in [0, 0.1) is 5.41 Å². The minimum absolute atomic E-state index is 0.509. The molecule has 110 valence electrons. The van der Waals surface area contributed by atoms with Gasteiger partial charge in [0.2, 0.25) is 0 Å². The molecular formula is C16H23NO3. The van der Waals surface area contributed by atoms with E-state index in [0.29, 0.717) is 0 Å². The van der Waals surface area contributed by atoms with Crippen LogP contribution in [0.25, 0.3) is 0 Å². The second kappa shape index (κ2) is 6.27. The van der Waals surface area contributed by atoms with Gasteiger partial charge in [-0.15, -0.1) is 0 Å². The van der Waals surface area contributed by atoms with Gasteiger partial charge in [-0.2, -0.15) is 0 Å². The van der Waals surface area contributed by atoms with E-state index in [9.17, 15) is 9.90 Å². The number of hydrogen-bond donors (Lipinski definition) is 1. The van der Waals surface area contributed by atoms with Gasteiger partial charge in [0, 0.05) is 6.54 Å². The van der Waals surface area contributed by atoms with Crippen molar-refractivity contribution < 1.29 is 14.6 Å². The molecule has 0 saturated carbocycles. The summed E-state index contributed by atoms with van der Waals surface area (Å²) in [6.45, 7) is 4.52. The Labute approximate surface area is 120 Å². The van der Waals surface area contributed by atoms with Crippen LogP contribution in [-0.2, 0) is 11.3 Å². The van der Waals surface area contributed by atoms with Crippen LogP contribution in [-0.4, -0.2) is 36.2 Å². The van der Waals surface area contributed by atoms with Gasteiger partial charge < -0.3 is 9.84 Å². The maximum absolute atomic E-state index is 11.4. The molecule has 20 heavy (non-hydrogen) atoms. The smallest absolute Gasteiger partial charge is 0.309 e. The molecule has 1 saturated heterocycles. The lowest BCUT2D eigenvalue weighted by Crippen LogP contribution is -2.43. The summed E-state index contributed by atoms with van der Waals surface area (Å²) in [4.78, 5) is 13.7. The van der Waals surface area contributed by atoms with Crippen molar-refractivity contribution in [1.82, 2.24) is 4.90 Å². The maximum atomic E-state index is 11.4. The molecule has 0 spiro atoms. The van der Waals surface area contributed by atoms with Gasteiger partial charge in [-0.05, 0) is 50.0 Å². The van der Waals surface area contributed by atoms with Crippen LogP contribution >= 0.6 is 0 Å². The fourth-order valence-corrected chi connectivity index (χ4v) is 2.89. The molecule has 0 unspecified atom stereocenters. The lowest BCUT2D eigenvalue weighted by Gasteiger charge is -2.38. The zero-order valence-corrected chi connectivity index (χ0v) is 12.3. The molecule has 4 heteroatoms. The number of methoxy groups -OCH3 is 1. The zero-order valence-electron chi connectivity index (χ0n) is 12.3. The van der Waals surface area contributed by atoms with Gasteiger partial charge in [-0.1, -0.05) is 19.1 Å². The Balaban J connectivity index is 1.95. The largest absolute Gasteiger partial charge is 0.497 e. The lowest BCUT2D eigenvalue weighted by molar-refractivity contribution is -0.152. The fraction of sp³-hybridized carbons (Fsp3) is 0.562. The Hall–Kier alpha value is -1.55. The maximum Gasteiger partial charge on any atom is 0.309 e. The summed E-state index contributed by atoms with van der Waals surface area (Å²) >= 11 is 0. The summed E-state index contributed by atoms with van der Waals surface area (Å²) in [6.07, 6.45) is 2.20. The van der Waals surface area contributed by atoms with Gasteiger partial charge in [-0.3, -0.25) is 9.69 Å². The Kier molecular flexibility index (Phi) is 4.65. The predicted octanol–water partition coefficient (Wildman–Crippen LogP) is 2.77. The molecule has 1 aliphatic rings. The molecule has 1 aliphatic heterocycles. The van der Waals surface area contributed by atoms with E-state index >= 15 is 0 Å². The summed E-state index contributed by atoms with van der Waals surface area (Å²) < 4.78 is 5.23. The number of nitrogens with zero attached hydrogens (tertiary/aromatic N) is 1. The lowest BCUT2D eigenvalue weighted by atomic mass is 9.76. The number of hydrogen-bond acceptors (Lipinski definition) is 3. The molecule has 4 nitrogen and oxygen atoms in total. The monoisotopic (exact) mass is 277 g/mol. The van der Waals surface area contributed by atoms with Gasteiger partial charge in [0.05, 0.1) is 12.5 Å². The Morgan fingerprint density at radius 3 is 2.65 bits per heavy atom. The molecule has 0 aliphatic carbocycles. The van der Waals surface area contributed by atoms with E-state index in [1.54, 1.807) is 7.11 Å². The Bertz CT molecular complexity index is 465. The second-order valence-electron chi connectivity index (χ2n) is 5.57. The van der Waals surface area contributed by atoms with Crippen LogP contribution < -0.4 is 4.74 Å². The van der Waals surface area contributed by atoms with Crippen molar-refractivity contribution in [2.45, 2.75) is 32.7 Å². The van der Waals surface area contributed by atoms with Crippen LogP contribution in [0.3, 0.4) is 0 Å². The molecule has 1 aromatic carbocycles. The van der Waals surface area contributed by atoms with E-state index in [1.165, 1.54) is 5.56 Å². The molecule has 2 rings (SSSR count). The van der Waals surface area contributed by atoms with E-state index < -0.39 is 11.4 Å². The Morgan fingerprint density at radius 2 is 2.10 bits per heavy atom. The molecule has 1 heterocycles. The molecule has 1 fully saturated rings. The molecule has 1 N–H and O–H groups in total. The van der Waals surface area contributed by atoms with Crippen molar-refractivity contribution in [3.8, 4) is 5.75 Å². The predicted molar refractivity (Wildman–Crippen MR) is 77.9 cm³/mol. The second-order valence-corrected chi connectivity index (χ2v) is 5.57. The number of likely N-dealkylation sites (tertiary alicyclic amines) is 1. The normalized spacial score (nSPS) is 18.7. The van der Waals surface area contributed by atoms with Crippen molar-refractivity contribution >= 4 is 5.97 Å². The summed E-state index contributed by atoms with van der Waals surface area (Å²) in [5.41, 5.74) is 0.703. The highest BCUT2D eigenvalue weighted by molar-refractivity contribution is 5.74. The first kappa shape index (κ1) is 14.9. The van der Waals surface area contributed by atoms with Crippen LogP contribution in [0.15, 0.2) is 24.3 Å². The number of ether oxygens (including phenoxy) is 1. The number of carbonyl (C=O) groups is 1. The standard InChI is InChI=1S/C16H23NO3/c1-3-16(15(18)19)7-9-17(10-8-16)12-13-5-4-6-14(11-13)20-2/h4-6,11H,3,7-10,12H2,1-2H3,(H,18,19). The SMILES string of the molecule is CCC1(C(=O)O)CCN(Cc2cccc(OC)c2)CC1. The molecule has 0 bridgehead atoms. The first-order chi connectivity index (χ1) is 9.59. The summed E-state index contributed by atoms with van der Waals surface area (Å²) in [6, 6.07) is 8.05. The average molecular weight is 277 g/mol. The average Bonchev–Trinajstić information content (AvgIpc) is 2.48. The number of piperidine rings is 1. The van der Waals surface area contributed by atoms with Crippen LogP contribution in [0.5, 0.6) is 5.75 Å². The third kappa shape index (κ3) is 3.12. The molecule has 0 aromatic heterocycles. The number of rotatable bonds is 5. The van der Waals surface area contributed by atoms with Gasteiger partial charge >= 0.3 is 5.97 Å². The third-order valence-electron chi connectivity index (χ3n) is 4.48. The topological polar surface area (TPSA) is 49.8 Å². The fourth-order valence-electron chi connectivity index (χ4n) is 2.89. The van der Waals surface area contributed by atoms with E-state index in [0.717, 1.165) is 44.6 Å². The highest BCUT2D eigenvalue weighted by Crippen LogP contribution is 2.35. The van der Waals surface area contributed by atoms with Crippen molar-refractivity contribution in [3.05, 3.63) is 29.8 Å². The van der Waals surface area contributed by atoms with Crippen LogP contribution in [0.4, 0.5) is 0 Å². The highest BCUT2D eigenvalue weighted by Gasteiger charge is 2.39. The van der Waals surface area contributed by atoms with Gasteiger partial charge in [0.1, 0.15) is 5.75 Å². The van der Waals surface area contributed by atoms with Gasteiger partial charge in [0.25, 0.3) is 0 Å². The molecule has 0 radical (unpaired) electrons. The Morgan fingerprint density at radius 1 is 1.40 bits per heavy atom. The van der Waals surface area contributed by atoms with Crippen LogP contribution in [0.1, 0.15) is 31.7 Å². The summed E-state index contributed by atoms with van der Waals surface area (Å²) in [7, 11) is 1.67. The number of carboxylic acids is 1. The minimum atomic E-state index is -0.638. The molecule has 1 aromatic rings. The number of aliphatic carboxylic acids is 1. The minimum Gasteiger partial charge on any atom is -0.497 e. The summed E-state index contributed by atoms with van der Waals surface area (Å²) in [5, 5.41) is 9.40. The van der Waals surface area contributed by atoms with E-state index in [1.807, 2.05) is 25.1 Å². The van der Waals surface area contributed by atoms with Crippen molar-refractivity contribution in [1.29, 1.82) is 0 Å².